The lowest BCUT2D eigenvalue weighted by atomic mass is 9.95. The molecule has 0 bridgehead atoms. The summed E-state index contributed by atoms with van der Waals surface area (Å²) in [5.74, 6) is -0.154. The first-order valence-electron chi connectivity index (χ1n) is 6.30. The number of hydrogen-bond donors (Lipinski definition) is 1. The van der Waals surface area contributed by atoms with Crippen LogP contribution < -0.4 is 0 Å². The number of benzene rings is 2. The van der Waals surface area contributed by atoms with E-state index in [4.69, 9.17) is 9.47 Å². The number of fused-ring (bicyclic) bond motifs is 3. The van der Waals surface area contributed by atoms with Gasteiger partial charge in [-0.3, -0.25) is 0 Å². The fraction of sp³-hybridized carbons (Fsp3) is 0.188. The Morgan fingerprint density at radius 2 is 1.90 bits per heavy atom. The molecular weight excluding hydrogens is 256 g/mol. The van der Waals surface area contributed by atoms with E-state index in [0.717, 1.165) is 22.3 Å². The fourth-order valence-electron chi connectivity index (χ4n) is 2.43. The first kappa shape index (κ1) is 12.7. The van der Waals surface area contributed by atoms with E-state index in [-0.39, 0.29) is 11.7 Å². The number of carbonyl (C=O) groups excluding carboxylic acids is 1. The van der Waals surface area contributed by atoms with Gasteiger partial charge in [-0.15, -0.1) is 0 Å². The number of phenolic OH excluding ortho intramolecular Hbond substituents is 1. The Balaban J connectivity index is 2.18. The molecule has 0 amide bonds. The number of carbonyl (C=O) groups is 1. The Bertz CT molecular complexity index is 676. The fourth-order valence-corrected chi connectivity index (χ4v) is 2.43. The standard InChI is InChI=1S/C16H14O4/c1-19-16(18)10-2-3-11-8-20-9-12-6-13(17)4-5-14(12)15(11)7-10/h2-7,17H,8-9H2,1H3. The molecule has 0 fully saturated rings. The van der Waals surface area contributed by atoms with Crippen molar-refractivity contribution in [3.63, 3.8) is 0 Å². The smallest absolute Gasteiger partial charge is 0.337 e. The van der Waals surface area contributed by atoms with Crippen LogP contribution in [-0.4, -0.2) is 18.2 Å². The molecule has 0 radical (unpaired) electrons. The molecule has 1 heterocycles. The highest BCUT2D eigenvalue weighted by Gasteiger charge is 2.17. The van der Waals surface area contributed by atoms with Gasteiger partial charge >= 0.3 is 5.97 Å². The summed E-state index contributed by atoms with van der Waals surface area (Å²) in [5, 5.41) is 9.58. The number of esters is 1. The van der Waals surface area contributed by atoms with Crippen molar-refractivity contribution in [3.8, 4) is 16.9 Å². The van der Waals surface area contributed by atoms with Gasteiger partial charge in [0.2, 0.25) is 0 Å². The number of hydrogen-bond acceptors (Lipinski definition) is 4. The molecule has 0 saturated carbocycles. The summed E-state index contributed by atoms with van der Waals surface area (Å²) >= 11 is 0. The molecule has 0 unspecified atom stereocenters. The topological polar surface area (TPSA) is 55.8 Å². The van der Waals surface area contributed by atoms with Crippen molar-refractivity contribution >= 4 is 5.97 Å². The van der Waals surface area contributed by atoms with Crippen LogP contribution in [-0.2, 0) is 22.7 Å². The van der Waals surface area contributed by atoms with Gasteiger partial charge in [0.1, 0.15) is 5.75 Å². The van der Waals surface area contributed by atoms with Gasteiger partial charge in [0.25, 0.3) is 0 Å². The number of phenols is 1. The Labute approximate surface area is 116 Å². The molecule has 0 spiro atoms. The molecular formula is C16H14O4. The van der Waals surface area contributed by atoms with Gasteiger partial charge in [-0.2, -0.15) is 0 Å². The summed E-state index contributed by atoms with van der Waals surface area (Å²) in [7, 11) is 1.36. The maximum absolute atomic E-state index is 11.7. The van der Waals surface area contributed by atoms with E-state index in [1.54, 1.807) is 18.2 Å². The molecule has 1 aliphatic heterocycles. The zero-order valence-electron chi connectivity index (χ0n) is 11.1. The second-order valence-electron chi connectivity index (χ2n) is 4.70. The zero-order chi connectivity index (χ0) is 14.1. The monoisotopic (exact) mass is 270 g/mol. The quantitative estimate of drug-likeness (QED) is 0.809. The maximum atomic E-state index is 11.7. The van der Waals surface area contributed by atoms with Crippen molar-refractivity contribution in [1.82, 2.24) is 0 Å². The lowest BCUT2D eigenvalue weighted by molar-refractivity contribution is 0.0600. The molecule has 0 aromatic heterocycles. The van der Waals surface area contributed by atoms with E-state index < -0.39 is 0 Å². The molecule has 102 valence electrons. The molecule has 0 aliphatic carbocycles. The van der Waals surface area contributed by atoms with Crippen molar-refractivity contribution in [2.45, 2.75) is 13.2 Å². The number of rotatable bonds is 1. The van der Waals surface area contributed by atoms with E-state index in [2.05, 4.69) is 0 Å². The molecule has 0 saturated heterocycles. The molecule has 0 atom stereocenters. The third kappa shape index (κ3) is 2.14. The van der Waals surface area contributed by atoms with Crippen LogP contribution in [0, 0.1) is 0 Å². The van der Waals surface area contributed by atoms with Crippen LogP contribution in [0.3, 0.4) is 0 Å². The van der Waals surface area contributed by atoms with Crippen LogP contribution in [0.4, 0.5) is 0 Å². The molecule has 3 rings (SSSR count). The Hall–Kier alpha value is -2.33. The molecule has 2 aromatic rings. The predicted molar refractivity (Wildman–Crippen MR) is 73.4 cm³/mol. The van der Waals surface area contributed by atoms with Gasteiger partial charge in [0, 0.05) is 0 Å². The van der Waals surface area contributed by atoms with Gasteiger partial charge < -0.3 is 14.6 Å². The van der Waals surface area contributed by atoms with E-state index in [1.807, 2.05) is 18.2 Å². The first-order chi connectivity index (χ1) is 9.69. The van der Waals surface area contributed by atoms with E-state index >= 15 is 0 Å². The molecule has 4 heteroatoms. The highest BCUT2D eigenvalue weighted by atomic mass is 16.5. The summed E-state index contributed by atoms with van der Waals surface area (Å²) in [5.41, 5.74) is 4.35. The normalized spacial score (nSPS) is 13.1. The third-order valence-electron chi connectivity index (χ3n) is 3.43. The van der Waals surface area contributed by atoms with Crippen molar-refractivity contribution in [2.75, 3.05) is 7.11 Å². The van der Waals surface area contributed by atoms with Crippen molar-refractivity contribution < 1.29 is 19.4 Å². The highest BCUT2D eigenvalue weighted by Crippen LogP contribution is 2.34. The van der Waals surface area contributed by atoms with E-state index in [9.17, 15) is 9.90 Å². The van der Waals surface area contributed by atoms with E-state index in [1.165, 1.54) is 7.11 Å². The van der Waals surface area contributed by atoms with Crippen LogP contribution in [0.15, 0.2) is 36.4 Å². The first-order valence-corrected chi connectivity index (χ1v) is 6.30. The highest BCUT2D eigenvalue weighted by molar-refractivity contribution is 5.91. The lowest BCUT2D eigenvalue weighted by Gasteiger charge is -2.10. The number of methoxy groups -OCH3 is 1. The summed E-state index contributed by atoms with van der Waals surface area (Å²) in [4.78, 5) is 11.7. The van der Waals surface area contributed by atoms with Gasteiger partial charge in [-0.25, -0.2) is 4.79 Å². The molecule has 4 nitrogen and oxygen atoms in total. The Kier molecular flexibility index (Phi) is 3.16. The van der Waals surface area contributed by atoms with Gasteiger partial charge in [-0.1, -0.05) is 12.1 Å². The Morgan fingerprint density at radius 3 is 2.70 bits per heavy atom. The van der Waals surface area contributed by atoms with Crippen LogP contribution in [0.1, 0.15) is 21.5 Å². The van der Waals surface area contributed by atoms with Crippen molar-refractivity contribution in [3.05, 3.63) is 53.1 Å². The number of aromatic hydroxyl groups is 1. The van der Waals surface area contributed by atoms with E-state index in [0.29, 0.717) is 18.8 Å². The SMILES string of the molecule is COC(=O)c1ccc2c(c1)-c1ccc(O)cc1COC2. The lowest BCUT2D eigenvalue weighted by Crippen LogP contribution is -2.02. The van der Waals surface area contributed by atoms with Crippen molar-refractivity contribution in [2.24, 2.45) is 0 Å². The number of ether oxygens (including phenoxy) is 2. The Morgan fingerprint density at radius 1 is 1.10 bits per heavy atom. The van der Waals surface area contributed by atoms with Crippen LogP contribution in [0.2, 0.25) is 0 Å². The third-order valence-corrected chi connectivity index (χ3v) is 3.43. The second kappa shape index (κ2) is 4.98. The van der Waals surface area contributed by atoms with Crippen LogP contribution in [0.5, 0.6) is 5.75 Å². The average Bonchev–Trinajstić information content (AvgIpc) is 2.64. The largest absolute Gasteiger partial charge is 0.508 e. The van der Waals surface area contributed by atoms with Gasteiger partial charge in [0.15, 0.2) is 0 Å². The molecule has 1 aliphatic rings. The summed E-state index contributed by atoms with van der Waals surface area (Å²) in [6.07, 6.45) is 0. The van der Waals surface area contributed by atoms with Gasteiger partial charge in [-0.05, 0) is 46.5 Å². The summed E-state index contributed by atoms with van der Waals surface area (Å²) < 4.78 is 10.4. The molecule has 2 aromatic carbocycles. The average molecular weight is 270 g/mol. The van der Waals surface area contributed by atoms with Gasteiger partial charge in [0.05, 0.1) is 25.9 Å². The van der Waals surface area contributed by atoms with Crippen molar-refractivity contribution in [1.29, 1.82) is 0 Å². The van der Waals surface area contributed by atoms with Crippen LogP contribution >= 0.6 is 0 Å². The zero-order valence-corrected chi connectivity index (χ0v) is 11.1. The minimum absolute atomic E-state index is 0.208. The minimum Gasteiger partial charge on any atom is -0.508 e. The molecule has 1 N–H and O–H groups in total. The molecule has 20 heavy (non-hydrogen) atoms. The summed E-state index contributed by atoms with van der Waals surface area (Å²) in [6, 6.07) is 10.6. The maximum Gasteiger partial charge on any atom is 0.337 e. The second-order valence-corrected chi connectivity index (χ2v) is 4.70. The predicted octanol–water partition coefficient (Wildman–Crippen LogP) is 2.88. The van der Waals surface area contributed by atoms with Crippen LogP contribution in [0.25, 0.3) is 11.1 Å². The summed E-state index contributed by atoms with van der Waals surface area (Å²) in [6.45, 7) is 0.915. The minimum atomic E-state index is -0.363.